The molecule has 0 aliphatic carbocycles. The van der Waals surface area contributed by atoms with Gasteiger partial charge in [0.15, 0.2) is 0 Å². The Morgan fingerprint density at radius 3 is 2.70 bits per heavy atom. The number of H-pyrrole nitrogens is 1. The zero-order valence-corrected chi connectivity index (χ0v) is 10.3. The van der Waals surface area contributed by atoms with E-state index < -0.39 is 11.7 Å². The molecule has 8 heteroatoms. The van der Waals surface area contributed by atoms with Gasteiger partial charge in [-0.05, 0) is 18.2 Å². The molecule has 3 rings (SSSR count). The predicted octanol–water partition coefficient (Wildman–Crippen LogP) is 2.86. The lowest BCUT2D eigenvalue weighted by Crippen LogP contribution is -2.04. The van der Waals surface area contributed by atoms with Gasteiger partial charge in [-0.2, -0.15) is 13.2 Å². The van der Waals surface area contributed by atoms with Crippen LogP contribution in [0.4, 0.5) is 13.2 Å². The third kappa shape index (κ3) is 2.36. The molecule has 0 aliphatic heterocycles. The van der Waals surface area contributed by atoms with Crippen molar-refractivity contribution in [2.75, 3.05) is 0 Å². The molecule has 0 amide bonds. The first kappa shape index (κ1) is 12.6. The van der Waals surface area contributed by atoms with E-state index in [0.29, 0.717) is 28.6 Å². The van der Waals surface area contributed by atoms with Crippen molar-refractivity contribution in [3.8, 4) is 0 Å². The second kappa shape index (κ2) is 4.32. The summed E-state index contributed by atoms with van der Waals surface area (Å²) in [6, 6.07) is 3.37. The lowest BCUT2D eigenvalue weighted by Gasteiger charge is -2.05. The molecular formula is C12H9F3N4O. The Labute approximate surface area is 110 Å². The van der Waals surface area contributed by atoms with E-state index in [1.54, 1.807) is 6.92 Å². The average molecular weight is 282 g/mol. The molecule has 0 unspecified atom stereocenters. The minimum absolute atomic E-state index is 0.247. The fourth-order valence-corrected chi connectivity index (χ4v) is 1.87. The molecule has 2 aromatic heterocycles. The van der Waals surface area contributed by atoms with Crippen LogP contribution in [0.5, 0.6) is 0 Å². The van der Waals surface area contributed by atoms with Crippen LogP contribution in [0.3, 0.4) is 0 Å². The van der Waals surface area contributed by atoms with Gasteiger partial charge in [-0.25, -0.2) is 4.98 Å². The van der Waals surface area contributed by atoms with Gasteiger partial charge in [0.1, 0.15) is 5.82 Å². The van der Waals surface area contributed by atoms with E-state index in [0.717, 1.165) is 12.1 Å². The summed E-state index contributed by atoms with van der Waals surface area (Å²) in [7, 11) is 0. The molecule has 0 spiro atoms. The third-order valence-electron chi connectivity index (χ3n) is 2.74. The minimum atomic E-state index is -4.37. The maximum absolute atomic E-state index is 12.6. The molecule has 20 heavy (non-hydrogen) atoms. The molecule has 0 saturated heterocycles. The lowest BCUT2D eigenvalue weighted by molar-refractivity contribution is -0.137. The Kier molecular flexibility index (Phi) is 2.73. The van der Waals surface area contributed by atoms with Crippen molar-refractivity contribution in [2.24, 2.45) is 0 Å². The number of aryl methyl sites for hydroxylation is 1. The third-order valence-corrected chi connectivity index (χ3v) is 2.74. The number of benzene rings is 1. The first-order valence-corrected chi connectivity index (χ1v) is 5.76. The van der Waals surface area contributed by atoms with E-state index in [4.69, 9.17) is 4.42 Å². The standard InChI is InChI=1S/C12H9F3N4O/c1-6-18-19-11(20-6)5-10-16-8-3-2-7(12(13,14)15)4-9(8)17-10/h2-4H,5H2,1H3,(H,16,17). The van der Waals surface area contributed by atoms with Crippen molar-refractivity contribution in [2.45, 2.75) is 19.5 Å². The fraction of sp³-hybridized carbons (Fsp3) is 0.250. The summed E-state index contributed by atoms with van der Waals surface area (Å²) in [6.45, 7) is 1.66. The van der Waals surface area contributed by atoms with E-state index in [9.17, 15) is 13.2 Å². The van der Waals surface area contributed by atoms with Crippen LogP contribution in [0.2, 0.25) is 0 Å². The Morgan fingerprint density at radius 1 is 1.25 bits per heavy atom. The van der Waals surface area contributed by atoms with Gasteiger partial charge >= 0.3 is 6.18 Å². The summed E-state index contributed by atoms with van der Waals surface area (Å²) in [5.41, 5.74) is 0.0733. The number of nitrogens with zero attached hydrogens (tertiary/aromatic N) is 3. The highest BCUT2D eigenvalue weighted by Gasteiger charge is 2.30. The summed E-state index contributed by atoms with van der Waals surface area (Å²) in [6.07, 6.45) is -4.13. The normalized spacial score (nSPS) is 12.2. The zero-order valence-electron chi connectivity index (χ0n) is 10.3. The van der Waals surface area contributed by atoms with E-state index in [1.807, 2.05) is 0 Å². The van der Waals surface area contributed by atoms with Crippen LogP contribution in [0.1, 0.15) is 23.2 Å². The number of aromatic amines is 1. The zero-order chi connectivity index (χ0) is 14.3. The quantitative estimate of drug-likeness (QED) is 0.784. The van der Waals surface area contributed by atoms with Crippen LogP contribution < -0.4 is 0 Å². The number of nitrogens with one attached hydrogen (secondary N) is 1. The van der Waals surface area contributed by atoms with Gasteiger partial charge in [0.2, 0.25) is 11.8 Å². The number of rotatable bonds is 2. The fourth-order valence-electron chi connectivity index (χ4n) is 1.87. The molecule has 5 nitrogen and oxygen atoms in total. The smallest absolute Gasteiger partial charge is 0.416 e. The SMILES string of the molecule is Cc1nnc(Cc2nc3ccc(C(F)(F)F)cc3[nH]2)o1. The molecule has 0 saturated carbocycles. The second-order valence-electron chi connectivity index (χ2n) is 4.30. The van der Waals surface area contributed by atoms with Gasteiger partial charge < -0.3 is 9.40 Å². The second-order valence-corrected chi connectivity index (χ2v) is 4.30. The summed E-state index contributed by atoms with van der Waals surface area (Å²) in [5, 5.41) is 7.49. The summed E-state index contributed by atoms with van der Waals surface area (Å²) in [5.74, 6) is 1.26. The van der Waals surface area contributed by atoms with Crippen molar-refractivity contribution in [1.29, 1.82) is 0 Å². The van der Waals surface area contributed by atoms with Crippen LogP contribution in [0.15, 0.2) is 22.6 Å². The van der Waals surface area contributed by atoms with Gasteiger partial charge in [-0.1, -0.05) is 0 Å². The van der Waals surface area contributed by atoms with Gasteiger partial charge in [0, 0.05) is 6.92 Å². The van der Waals surface area contributed by atoms with Crippen LogP contribution in [-0.4, -0.2) is 20.2 Å². The Morgan fingerprint density at radius 2 is 2.05 bits per heavy atom. The van der Waals surface area contributed by atoms with Gasteiger partial charge in [-0.3, -0.25) is 0 Å². The molecule has 0 bridgehead atoms. The molecular weight excluding hydrogens is 273 g/mol. The van der Waals surface area contributed by atoms with Gasteiger partial charge in [0.25, 0.3) is 0 Å². The summed E-state index contributed by atoms with van der Waals surface area (Å²) < 4.78 is 43.0. The van der Waals surface area contributed by atoms with Gasteiger partial charge in [-0.15, -0.1) is 10.2 Å². The first-order chi connectivity index (χ1) is 9.41. The maximum atomic E-state index is 12.6. The Bertz CT molecular complexity index is 759. The number of hydrogen-bond donors (Lipinski definition) is 1. The number of hydrogen-bond acceptors (Lipinski definition) is 4. The molecule has 3 aromatic rings. The van der Waals surface area contributed by atoms with Crippen LogP contribution in [0, 0.1) is 6.92 Å². The number of halogens is 3. The monoisotopic (exact) mass is 282 g/mol. The van der Waals surface area contributed by atoms with Crippen molar-refractivity contribution >= 4 is 11.0 Å². The number of aromatic nitrogens is 4. The highest BCUT2D eigenvalue weighted by atomic mass is 19.4. The van der Waals surface area contributed by atoms with Gasteiger partial charge in [0.05, 0.1) is 23.0 Å². The van der Waals surface area contributed by atoms with Crippen LogP contribution in [0.25, 0.3) is 11.0 Å². The molecule has 104 valence electrons. The molecule has 0 radical (unpaired) electrons. The van der Waals surface area contributed by atoms with Crippen molar-refractivity contribution in [3.05, 3.63) is 41.4 Å². The molecule has 1 N–H and O–H groups in total. The topological polar surface area (TPSA) is 67.6 Å². The number of alkyl halides is 3. The largest absolute Gasteiger partial charge is 0.425 e. The molecule has 0 aliphatic rings. The first-order valence-electron chi connectivity index (χ1n) is 5.76. The van der Waals surface area contributed by atoms with Crippen molar-refractivity contribution in [1.82, 2.24) is 20.2 Å². The van der Waals surface area contributed by atoms with E-state index >= 15 is 0 Å². The van der Waals surface area contributed by atoms with Crippen molar-refractivity contribution < 1.29 is 17.6 Å². The highest BCUT2D eigenvalue weighted by molar-refractivity contribution is 5.76. The van der Waals surface area contributed by atoms with E-state index in [2.05, 4.69) is 20.2 Å². The molecule has 2 heterocycles. The molecule has 0 atom stereocenters. The molecule has 0 fully saturated rings. The Hall–Kier alpha value is -2.38. The predicted molar refractivity (Wildman–Crippen MR) is 62.9 cm³/mol. The van der Waals surface area contributed by atoms with Crippen LogP contribution >= 0.6 is 0 Å². The van der Waals surface area contributed by atoms with E-state index in [1.165, 1.54) is 6.07 Å². The number of imidazole rings is 1. The average Bonchev–Trinajstić information content (AvgIpc) is 2.93. The maximum Gasteiger partial charge on any atom is 0.416 e. The Balaban J connectivity index is 1.94. The summed E-state index contributed by atoms with van der Waals surface area (Å²) >= 11 is 0. The van der Waals surface area contributed by atoms with Crippen molar-refractivity contribution in [3.63, 3.8) is 0 Å². The molecule has 1 aromatic carbocycles. The lowest BCUT2D eigenvalue weighted by atomic mass is 10.2. The van der Waals surface area contributed by atoms with Crippen LogP contribution in [-0.2, 0) is 12.6 Å². The number of fused-ring (bicyclic) bond motifs is 1. The van der Waals surface area contributed by atoms with E-state index in [-0.39, 0.29) is 6.42 Å². The summed E-state index contributed by atoms with van der Waals surface area (Å²) in [4.78, 5) is 7.02. The highest BCUT2D eigenvalue weighted by Crippen LogP contribution is 2.30. The minimum Gasteiger partial charge on any atom is -0.425 e.